The highest BCUT2D eigenvalue weighted by Gasteiger charge is 2.09. The molecular weight excluding hydrogens is 182 g/mol. The van der Waals surface area contributed by atoms with Gasteiger partial charge in [-0.1, -0.05) is 12.1 Å². The molecule has 0 bridgehead atoms. The van der Waals surface area contributed by atoms with E-state index in [1.807, 2.05) is 18.2 Å². The molecule has 14 heavy (non-hydrogen) atoms. The van der Waals surface area contributed by atoms with Crippen LogP contribution in [0.1, 0.15) is 5.56 Å². The number of rotatable bonds is 4. The number of hydrogen-bond acceptors (Lipinski definition) is 4. The topological polar surface area (TPSA) is 41.9 Å². The fourth-order valence-corrected chi connectivity index (χ4v) is 1.32. The molecule has 0 heterocycles. The molecule has 0 spiro atoms. The number of benzene rings is 1. The first-order chi connectivity index (χ1) is 6.69. The van der Waals surface area contributed by atoms with Gasteiger partial charge in [0.15, 0.2) is 11.5 Å². The van der Waals surface area contributed by atoms with Crippen LogP contribution in [0.4, 0.5) is 0 Å². The zero-order valence-electron chi connectivity index (χ0n) is 8.65. The summed E-state index contributed by atoms with van der Waals surface area (Å²) in [5, 5.41) is 10.2. The molecule has 1 aromatic carbocycles. The van der Waals surface area contributed by atoms with E-state index < -0.39 is 0 Å². The van der Waals surface area contributed by atoms with E-state index in [-0.39, 0.29) is 0 Å². The molecule has 0 atom stereocenters. The zero-order valence-corrected chi connectivity index (χ0v) is 8.65. The first-order valence-corrected chi connectivity index (χ1v) is 4.29. The van der Waals surface area contributed by atoms with E-state index in [2.05, 4.69) is 0 Å². The third-order valence-electron chi connectivity index (χ3n) is 1.88. The maximum absolute atomic E-state index is 9.13. The zero-order chi connectivity index (χ0) is 10.6. The molecule has 0 aliphatic carbocycles. The maximum Gasteiger partial charge on any atom is 0.165 e. The van der Waals surface area contributed by atoms with Crippen molar-refractivity contribution in [1.82, 2.24) is 5.06 Å². The summed E-state index contributed by atoms with van der Waals surface area (Å²) >= 11 is 0. The Kier molecular flexibility index (Phi) is 3.73. The molecule has 0 aliphatic heterocycles. The normalized spacial score (nSPS) is 10.4. The predicted octanol–water partition coefficient (Wildman–Crippen LogP) is 1.52. The van der Waals surface area contributed by atoms with Crippen LogP contribution in [0.5, 0.6) is 11.5 Å². The van der Waals surface area contributed by atoms with Crippen molar-refractivity contribution in [3.63, 3.8) is 0 Å². The number of hydroxylamine groups is 2. The minimum absolute atomic E-state index is 0.403. The Hall–Kier alpha value is -1.26. The quantitative estimate of drug-likeness (QED) is 0.743. The van der Waals surface area contributed by atoms with Gasteiger partial charge in [-0.3, -0.25) is 0 Å². The second kappa shape index (κ2) is 4.83. The second-order valence-corrected chi connectivity index (χ2v) is 2.97. The molecule has 0 radical (unpaired) electrons. The van der Waals surface area contributed by atoms with Crippen molar-refractivity contribution in [2.45, 2.75) is 6.54 Å². The highest BCUT2D eigenvalue weighted by atomic mass is 16.5. The van der Waals surface area contributed by atoms with Crippen LogP contribution >= 0.6 is 0 Å². The third-order valence-corrected chi connectivity index (χ3v) is 1.88. The van der Waals surface area contributed by atoms with Gasteiger partial charge in [-0.2, -0.15) is 5.06 Å². The fourth-order valence-electron chi connectivity index (χ4n) is 1.32. The van der Waals surface area contributed by atoms with Crippen LogP contribution in [0.3, 0.4) is 0 Å². The molecule has 0 amide bonds. The molecule has 0 aliphatic rings. The summed E-state index contributed by atoms with van der Waals surface area (Å²) in [5.41, 5.74) is 0.886. The van der Waals surface area contributed by atoms with Gasteiger partial charge >= 0.3 is 0 Å². The fraction of sp³-hybridized carbons (Fsp3) is 0.400. The number of para-hydroxylation sites is 1. The molecular formula is C10H15NO3. The van der Waals surface area contributed by atoms with Gasteiger partial charge in [-0.15, -0.1) is 0 Å². The lowest BCUT2D eigenvalue weighted by Gasteiger charge is -2.14. The molecule has 0 saturated heterocycles. The summed E-state index contributed by atoms with van der Waals surface area (Å²) < 4.78 is 10.3. The van der Waals surface area contributed by atoms with Crippen molar-refractivity contribution in [2.24, 2.45) is 0 Å². The standard InChI is InChI=1S/C10H15NO3/c1-11(12)7-8-5-4-6-9(13-2)10(8)14-3/h4-6,12H,7H2,1-3H3. The van der Waals surface area contributed by atoms with Crippen LogP contribution in [0.2, 0.25) is 0 Å². The number of nitrogens with zero attached hydrogens (tertiary/aromatic N) is 1. The van der Waals surface area contributed by atoms with E-state index in [1.165, 1.54) is 0 Å². The van der Waals surface area contributed by atoms with Crippen molar-refractivity contribution in [2.75, 3.05) is 21.3 Å². The minimum atomic E-state index is 0.403. The van der Waals surface area contributed by atoms with Crippen LogP contribution in [0, 0.1) is 0 Å². The number of hydrogen-bond donors (Lipinski definition) is 1. The molecule has 1 N–H and O–H groups in total. The van der Waals surface area contributed by atoms with Gasteiger partial charge in [-0.25, -0.2) is 0 Å². The van der Waals surface area contributed by atoms with E-state index in [9.17, 15) is 0 Å². The predicted molar refractivity (Wildman–Crippen MR) is 52.8 cm³/mol. The van der Waals surface area contributed by atoms with Crippen LogP contribution in [-0.4, -0.2) is 31.5 Å². The van der Waals surface area contributed by atoms with Crippen molar-refractivity contribution >= 4 is 0 Å². The van der Waals surface area contributed by atoms with Gasteiger partial charge in [0, 0.05) is 12.6 Å². The summed E-state index contributed by atoms with van der Waals surface area (Å²) in [6.45, 7) is 0.403. The van der Waals surface area contributed by atoms with Crippen molar-refractivity contribution < 1.29 is 14.7 Å². The van der Waals surface area contributed by atoms with Crippen molar-refractivity contribution in [3.8, 4) is 11.5 Å². The molecule has 78 valence electrons. The Morgan fingerprint density at radius 3 is 2.50 bits per heavy atom. The average molecular weight is 197 g/mol. The van der Waals surface area contributed by atoms with Gasteiger partial charge in [0.25, 0.3) is 0 Å². The van der Waals surface area contributed by atoms with Crippen LogP contribution in [0.25, 0.3) is 0 Å². The van der Waals surface area contributed by atoms with Crippen molar-refractivity contribution in [3.05, 3.63) is 23.8 Å². The average Bonchev–Trinajstić information content (AvgIpc) is 2.16. The van der Waals surface area contributed by atoms with Crippen molar-refractivity contribution in [1.29, 1.82) is 0 Å². The van der Waals surface area contributed by atoms with Crippen LogP contribution in [0.15, 0.2) is 18.2 Å². The van der Waals surface area contributed by atoms with E-state index in [4.69, 9.17) is 14.7 Å². The first-order valence-electron chi connectivity index (χ1n) is 4.29. The number of methoxy groups -OCH3 is 2. The molecule has 4 heteroatoms. The summed E-state index contributed by atoms with van der Waals surface area (Å²) in [4.78, 5) is 0. The summed E-state index contributed by atoms with van der Waals surface area (Å²) in [6, 6.07) is 5.56. The monoisotopic (exact) mass is 197 g/mol. The minimum Gasteiger partial charge on any atom is -0.493 e. The smallest absolute Gasteiger partial charge is 0.165 e. The summed E-state index contributed by atoms with van der Waals surface area (Å²) in [6.07, 6.45) is 0. The highest BCUT2D eigenvalue weighted by molar-refractivity contribution is 5.46. The van der Waals surface area contributed by atoms with Gasteiger partial charge in [0.1, 0.15) is 0 Å². The van der Waals surface area contributed by atoms with E-state index >= 15 is 0 Å². The van der Waals surface area contributed by atoms with E-state index in [1.54, 1.807) is 21.3 Å². The Morgan fingerprint density at radius 2 is 2.00 bits per heavy atom. The molecule has 0 aromatic heterocycles. The summed E-state index contributed by atoms with van der Waals surface area (Å²) in [5.74, 6) is 1.34. The van der Waals surface area contributed by atoms with E-state index in [0.717, 1.165) is 10.6 Å². The maximum atomic E-state index is 9.13. The Morgan fingerprint density at radius 1 is 1.29 bits per heavy atom. The van der Waals surface area contributed by atoms with Gasteiger partial charge in [0.05, 0.1) is 20.8 Å². The Labute approximate surface area is 83.6 Å². The molecule has 0 fully saturated rings. The Bertz CT molecular complexity index is 299. The molecule has 4 nitrogen and oxygen atoms in total. The lowest BCUT2D eigenvalue weighted by molar-refractivity contribution is -0.0735. The highest BCUT2D eigenvalue weighted by Crippen LogP contribution is 2.30. The lowest BCUT2D eigenvalue weighted by atomic mass is 10.2. The summed E-state index contributed by atoms with van der Waals surface area (Å²) in [7, 11) is 4.75. The molecule has 0 unspecified atom stereocenters. The second-order valence-electron chi connectivity index (χ2n) is 2.97. The van der Waals surface area contributed by atoms with Crippen LogP contribution in [-0.2, 0) is 6.54 Å². The van der Waals surface area contributed by atoms with Crippen LogP contribution < -0.4 is 9.47 Å². The largest absolute Gasteiger partial charge is 0.493 e. The first kappa shape index (κ1) is 10.8. The third kappa shape index (κ3) is 2.37. The van der Waals surface area contributed by atoms with E-state index in [0.29, 0.717) is 18.0 Å². The molecule has 0 saturated carbocycles. The molecule has 1 rings (SSSR count). The Balaban J connectivity index is 3.02. The SMILES string of the molecule is COc1cccc(CN(C)O)c1OC. The lowest BCUT2D eigenvalue weighted by Crippen LogP contribution is -2.12. The van der Waals surface area contributed by atoms with Gasteiger partial charge < -0.3 is 14.7 Å². The van der Waals surface area contributed by atoms with Gasteiger partial charge in [0.2, 0.25) is 0 Å². The molecule has 1 aromatic rings. The van der Waals surface area contributed by atoms with Gasteiger partial charge in [-0.05, 0) is 6.07 Å². The number of ether oxygens (including phenoxy) is 2.